The summed E-state index contributed by atoms with van der Waals surface area (Å²) in [4.78, 5) is 0. The van der Waals surface area contributed by atoms with Crippen LogP contribution < -0.4 is 14.8 Å². The Labute approximate surface area is 185 Å². The summed E-state index contributed by atoms with van der Waals surface area (Å²) in [6.45, 7) is 7.26. The molecule has 0 fully saturated rings. The molecule has 1 heterocycles. The molecule has 2 aromatic carbocycles. The van der Waals surface area contributed by atoms with Crippen molar-refractivity contribution in [2.24, 2.45) is 0 Å². The van der Waals surface area contributed by atoms with Crippen molar-refractivity contribution in [1.29, 1.82) is 0 Å². The minimum Gasteiger partial charge on any atom is -0.490 e. The van der Waals surface area contributed by atoms with Crippen molar-refractivity contribution in [1.82, 2.24) is 9.88 Å². The van der Waals surface area contributed by atoms with Crippen LogP contribution >= 0.6 is 12.4 Å². The number of aromatic nitrogens is 1. The third-order valence-electron chi connectivity index (χ3n) is 4.94. The highest BCUT2D eigenvalue weighted by atomic mass is 35.5. The first-order valence-electron chi connectivity index (χ1n) is 10.5. The lowest BCUT2D eigenvalue weighted by Crippen LogP contribution is -2.31. The van der Waals surface area contributed by atoms with E-state index in [0.717, 1.165) is 37.4 Å². The van der Waals surface area contributed by atoms with Crippen molar-refractivity contribution >= 4 is 23.3 Å². The van der Waals surface area contributed by atoms with Gasteiger partial charge in [0.2, 0.25) is 0 Å². The van der Waals surface area contributed by atoms with Crippen molar-refractivity contribution in [3.8, 4) is 11.5 Å². The number of aryl methyl sites for hydroxylation is 1. The fraction of sp³-hybridized carbons (Fsp3) is 0.417. The lowest BCUT2D eigenvalue weighted by Gasteiger charge is -2.16. The molecule has 3 aromatic rings. The molecule has 5 nitrogen and oxygen atoms in total. The number of nitrogens with zero attached hydrogens (tertiary/aromatic N) is 1. The highest BCUT2D eigenvalue weighted by Crippen LogP contribution is 2.26. The van der Waals surface area contributed by atoms with Gasteiger partial charge >= 0.3 is 0 Å². The van der Waals surface area contributed by atoms with Crippen LogP contribution in [0.25, 0.3) is 10.9 Å². The molecule has 0 spiro atoms. The zero-order chi connectivity index (χ0) is 20.5. The van der Waals surface area contributed by atoms with Crippen molar-refractivity contribution in [2.45, 2.75) is 39.3 Å². The first-order valence-corrected chi connectivity index (χ1v) is 10.5. The van der Waals surface area contributed by atoms with Gasteiger partial charge in [-0.05, 0) is 68.0 Å². The fourth-order valence-electron chi connectivity index (χ4n) is 3.55. The Morgan fingerprint density at radius 2 is 1.83 bits per heavy atom. The van der Waals surface area contributed by atoms with Gasteiger partial charge in [-0.1, -0.05) is 18.2 Å². The molecule has 0 saturated carbocycles. The first kappa shape index (κ1) is 24.1. The molecule has 0 saturated heterocycles. The molecular formula is C24H33ClN2O3. The quantitative estimate of drug-likeness (QED) is 0.415. The number of aliphatic hydroxyl groups is 1. The maximum Gasteiger partial charge on any atom is 0.161 e. The van der Waals surface area contributed by atoms with Gasteiger partial charge in [0.25, 0.3) is 0 Å². The number of fused-ring (bicyclic) bond motifs is 1. The van der Waals surface area contributed by atoms with Crippen LogP contribution in [0.2, 0.25) is 0 Å². The van der Waals surface area contributed by atoms with E-state index in [2.05, 4.69) is 47.3 Å². The van der Waals surface area contributed by atoms with Crippen LogP contribution in [0.1, 0.15) is 25.8 Å². The second kappa shape index (κ2) is 12.5. The third kappa shape index (κ3) is 6.66. The van der Waals surface area contributed by atoms with Crippen molar-refractivity contribution in [2.75, 3.05) is 26.4 Å². The van der Waals surface area contributed by atoms with Gasteiger partial charge in [-0.15, -0.1) is 12.4 Å². The largest absolute Gasteiger partial charge is 0.490 e. The molecule has 0 bridgehead atoms. The zero-order valence-electron chi connectivity index (χ0n) is 17.8. The minimum absolute atomic E-state index is 0. The monoisotopic (exact) mass is 432 g/mol. The molecule has 2 N–H and O–H groups in total. The smallest absolute Gasteiger partial charge is 0.161 e. The van der Waals surface area contributed by atoms with Crippen LogP contribution in [0.4, 0.5) is 0 Å². The molecule has 3 rings (SSSR count). The van der Waals surface area contributed by atoms with Crippen LogP contribution in [-0.4, -0.2) is 42.1 Å². The van der Waals surface area contributed by atoms with E-state index in [4.69, 9.17) is 14.6 Å². The summed E-state index contributed by atoms with van der Waals surface area (Å²) in [6.07, 6.45) is 3.85. The standard InChI is InChI=1S/C24H32N2O3.ClH/c1-3-28-23-7-4-5-8-24(23)29-16-12-25-19(2)17-20-9-10-22-21(18-20)11-14-26(22)13-6-15-27;/h4-5,7-11,14,18-19,25,27H,3,6,12-13,15-17H2,1-2H3;1H/t19-;/m1./s1. The number of benzene rings is 2. The van der Waals surface area contributed by atoms with E-state index in [-0.39, 0.29) is 19.0 Å². The normalized spacial score (nSPS) is 11.8. The predicted molar refractivity (Wildman–Crippen MR) is 125 cm³/mol. The molecule has 0 aliphatic heterocycles. The van der Waals surface area contributed by atoms with Crippen molar-refractivity contribution in [3.63, 3.8) is 0 Å². The maximum absolute atomic E-state index is 9.04. The molecule has 30 heavy (non-hydrogen) atoms. The summed E-state index contributed by atoms with van der Waals surface area (Å²) < 4.78 is 13.7. The number of nitrogens with one attached hydrogen (secondary N) is 1. The Morgan fingerprint density at radius 3 is 2.57 bits per heavy atom. The molecule has 0 aliphatic rings. The minimum atomic E-state index is 0. The van der Waals surface area contributed by atoms with Gasteiger partial charge in [-0.2, -0.15) is 0 Å². The second-order valence-corrected chi connectivity index (χ2v) is 7.27. The van der Waals surface area contributed by atoms with Crippen LogP contribution in [-0.2, 0) is 13.0 Å². The Balaban J connectivity index is 0.00000320. The molecule has 1 aromatic heterocycles. The maximum atomic E-state index is 9.04. The molecule has 1 atom stereocenters. The van der Waals surface area contributed by atoms with Gasteiger partial charge in [0.05, 0.1) is 6.61 Å². The average molecular weight is 433 g/mol. The topological polar surface area (TPSA) is 55.7 Å². The lowest BCUT2D eigenvalue weighted by atomic mass is 10.1. The summed E-state index contributed by atoms with van der Waals surface area (Å²) in [7, 11) is 0. The fourth-order valence-corrected chi connectivity index (χ4v) is 3.55. The molecule has 6 heteroatoms. The zero-order valence-corrected chi connectivity index (χ0v) is 18.7. The number of aliphatic hydroxyl groups excluding tert-OH is 1. The third-order valence-corrected chi connectivity index (χ3v) is 4.94. The molecule has 0 unspecified atom stereocenters. The van der Waals surface area contributed by atoms with Gasteiger partial charge < -0.3 is 24.5 Å². The van der Waals surface area contributed by atoms with Crippen LogP contribution in [0.15, 0.2) is 54.7 Å². The summed E-state index contributed by atoms with van der Waals surface area (Å²) >= 11 is 0. The van der Waals surface area contributed by atoms with Crippen molar-refractivity contribution < 1.29 is 14.6 Å². The van der Waals surface area contributed by atoms with E-state index in [9.17, 15) is 0 Å². The Bertz CT molecular complexity index is 897. The number of hydrogen-bond acceptors (Lipinski definition) is 4. The molecule has 0 radical (unpaired) electrons. The average Bonchev–Trinajstić information content (AvgIpc) is 3.13. The van der Waals surface area contributed by atoms with Crippen LogP contribution in [0.3, 0.4) is 0 Å². The molecular weight excluding hydrogens is 400 g/mol. The number of ether oxygens (including phenoxy) is 2. The highest BCUT2D eigenvalue weighted by Gasteiger charge is 2.07. The SMILES string of the molecule is CCOc1ccccc1OCCN[C@H](C)Cc1ccc2c(ccn2CCCO)c1.Cl. The van der Waals surface area contributed by atoms with Gasteiger partial charge in [0, 0.05) is 37.5 Å². The Kier molecular flexibility index (Phi) is 10.0. The molecule has 164 valence electrons. The summed E-state index contributed by atoms with van der Waals surface area (Å²) in [6, 6.07) is 16.9. The summed E-state index contributed by atoms with van der Waals surface area (Å²) in [5, 5.41) is 13.8. The molecule has 0 amide bonds. The lowest BCUT2D eigenvalue weighted by molar-refractivity contribution is 0.272. The number of halogens is 1. The second-order valence-electron chi connectivity index (χ2n) is 7.27. The van der Waals surface area contributed by atoms with E-state index < -0.39 is 0 Å². The van der Waals surface area contributed by atoms with E-state index >= 15 is 0 Å². The van der Waals surface area contributed by atoms with Crippen LogP contribution in [0.5, 0.6) is 11.5 Å². The van der Waals surface area contributed by atoms with Gasteiger partial charge in [-0.25, -0.2) is 0 Å². The highest BCUT2D eigenvalue weighted by molar-refractivity contribution is 5.85. The number of hydrogen-bond donors (Lipinski definition) is 2. The van der Waals surface area contributed by atoms with Gasteiger partial charge in [0.15, 0.2) is 11.5 Å². The molecule has 0 aliphatic carbocycles. The van der Waals surface area contributed by atoms with E-state index in [1.54, 1.807) is 0 Å². The predicted octanol–water partition coefficient (Wildman–Crippen LogP) is 4.44. The van der Waals surface area contributed by atoms with Crippen molar-refractivity contribution in [3.05, 3.63) is 60.3 Å². The Morgan fingerprint density at radius 1 is 1.07 bits per heavy atom. The van der Waals surface area contributed by atoms with E-state index in [1.165, 1.54) is 16.5 Å². The van der Waals surface area contributed by atoms with E-state index in [1.807, 2.05) is 31.2 Å². The van der Waals surface area contributed by atoms with Gasteiger partial charge in [0.1, 0.15) is 6.61 Å². The van der Waals surface area contributed by atoms with Gasteiger partial charge in [-0.3, -0.25) is 0 Å². The number of para-hydroxylation sites is 2. The summed E-state index contributed by atoms with van der Waals surface area (Å²) in [5.41, 5.74) is 2.55. The number of rotatable bonds is 12. The summed E-state index contributed by atoms with van der Waals surface area (Å²) in [5.74, 6) is 1.59. The first-order chi connectivity index (χ1) is 14.2. The van der Waals surface area contributed by atoms with E-state index in [0.29, 0.717) is 19.3 Å². The van der Waals surface area contributed by atoms with Crippen LogP contribution in [0, 0.1) is 0 Å². The Hall–Kier alpha value is -2.21.